The van der Waals surface area contributed by atoms with E-state index in [-0.39, 0.29) is 23.9 Å². The van der Waals surface area contributed by atoms with Crippen LogP contribution < -0.4 is 0 Å². The molecule has 1 amide bonds. The molecule has 0 radical (unpaired) electrons. The van der Waals surface area contributed by atoms with Gasteiger partial charge in [0.15, 0.2) is 0 Å². The van der Waals surface area contributed by atoms with E-state index < -0.39 is 0 Å². The number of likely N-dealkylation sites (tertiary alicyclic amines) is 1. The Bertz CT molecular complexity index is 306. The number of esters is 1. The SMILES string of the molecule is CCOC(=O)[C@@H]1CCCN(C(=O)CCC(C)OC)C1. The molecule has 1 fully saturated rings. The number of ether oxygens (including phenoxy) is 2. The van der Waals surface area contributed by atoms with Crippen molar-refractivity contribution in [2.75, 3.05) is 26.8 Å². The number of methoxy groups -OCH3 is 1. The zero-order valence-corrected chi connectivity index (χ0v) is 12.2. The van der Waals surface area contributed by atoms with Crippen LogP contribution in [0.25, 0.3) is 0 Å². The molecule has 0 N–H and O–H groups in total. The quantitative estimate of drug-likeness (QED) is 0.689. The molecular weight excluding hydrogens is 246 g/mol. The van der Waals surface area contributed by atoms with E-state index in [1.807, 2.05) is 6.92 Å². The minimum Gasteiger partial charge on any atom is -0.466 e. The highest BCUT2D eigenvalue weighted by Crippen LogP contribution is 2.19. The van der Waals surface area contributed by atoms with Gasteiger partial charge in [-0.3, -0.25) is 9.59 Å². The molecule has 2 atom stereocenters. The van der Waals surface area contributed by atoms with E-state index >= 15 is 0 Å². The lowest BCUT2D eigenvalue weighted by Crippen LogP contribution is -2.42. The third-order valence-electron chi connectivity index (χ3n) is 3.56. The molecule has 0 aromatic carbocycles. The molecule has 1 unspecified atom stereocenters. The van der Waals surface area contributed by atoms with E-state index in [4.69, 9.17) is 9.47 Å². The third-order valence-corrected chi connectivity index (χ3v) is 3.56. The first-order valence-electron chi connectivity index (χ1n) is 7.05. The Kier molecular flexibility index (Phi) is 6.84. The number of carbonyl (C=O) groups excluding carboxylic acids is 2. The van der Waals surface area contributed by atoms with Crippen LogP contribution in [0.1, 0.15) is 39.5 Å². The number of carbonyl (C=O) groups is 2. The summed E-state index contributed by atoms with van der Waals surface area (Å²) in [6, 6.07) is 0. The van der Waals surface area contributed by atoms with Gasteiger partial charge in [-0.25, -0.2) is 0 Å². The van der Waals surface area contributed by atoms with Gasteiger partial charge < -0.3 is 14.4 Å². The normalized spacial score (nSPS) is 21.0. The summed E-state index contributed by atoms with van der Waals surface area (Å²) in [4.78, 5) is 25.5. The van der Waals surface area contributed by atoms with Crippen LogP contribution in [0.3, 0.4) is 0 Å². The largest absolute Gasteiger partial charge is 0.466 e. The van der Waals surface area contributed by atoms with E-state index in [1.165, 1.54) is 0 Å². The van der Waals surface area contributed by atoms with E-state index in [9.17, 15) is 9.59 Å². The van der Waals surface area contributed by atoms with Crippen molar-refractivity contribution in [3.05, 3.63) is 0 Å². The summed E-state index contributed by atoms with van der Waals surface area (Å²) in [6.45, 7) is 5.39. The van der Waals surface area contributed by atoms with Crippen LogP contribution in [-0.2, 0) is 19.1 Å². The highest BCUT2D eigenvalue weighted by molar-refractivity contribution is 5.78. The molecule has 0 bridgehead atoms. The summed E-state index contributed by atoms with van der Waals surface area (Å²) in [6.07, 6.45) is 2.97. The summed E-state index contributed by atoms with van der Waals surface area (Å²) in [7, 11) is 1.65. The predicted molar refractivity (Wildman–Crippen MR) is 71.6 cm³/mol. The molecular formula is C14H25NO4. The zero-order valence-electron chi connectivity index (χ0n) is 12.2. The van der Waals surface area contributed by atoms with Crippen LogP contribution in [0.4, 0.5) is 0 Å². The van der Waals surface area contributed by atoms with Gasteiger partial charge in [0.2, 0.25) is 5.91 Å². The van der Waals surface area contributed by atoms with Gasteiger partial charge in [0.25, 0.3) is 0 Å². The van der Waals surface area contributed by atoms with Crippen LogP contribution in [0.15, 0.2) is 0 Å². The molecule has 1 aliphatic rings. The first kappa shape index (κ1) is 16.0. The fraction of sp³-hybridized carbons (Fsp3) is 0.857. The predicted octanol–water partition coefficient (Wildman–Crippen LogP) is 1.60. The molecule has 19 heavy (non-hydrogen) atoms. The second kappa shape index (κ2) is 8.15. The van der Waals surface area contributed by atoms with Gasteiger partial charge in [0.1, 0.15) is 0 Å². The molecule has 0 aromatic heterocycles. The Morgan fingerprint density at radius 3 is 2.79 bits per heavy atom. The zero-order chi connectivity index (χ0) is 14.3. The van der Waals surface area contributed by atoms with Gasteiger partial charge in [-0.15, -0.1) is 0 Å². The Morgan fingerprint density at radius 1 is 1.42 bits per heavy atom. The summed E-state index contributed by atoms with van der Waals surface area (Å²) >= 11 is 0. The fourth-order valence-corrected chi connectivity index (χ4v) is 2.26. The van der Waals surface area contributed by atoms with Crippen LogP contribution in [-0.4, -0.2) is 49.7 Å². The third kappa shape index (κ3) is 5.19. The van der Waals surface area contributed by atoms with Crippen molar-refractivity contribution in [2.24, 2.45) is 5.92 Å². The molecule has 5 nitrogen and oxygen atoms in total. The molecule has 5 heteroatoms. The molecule has 0 aromatic rings. The number of nitrogens with zero attached hydrogens (tertiary/aromatic N) is 1. The monoisotopic (exact) mass is 271 g/mol. The van der Waals surface area contributed by atoms with Gasteiger partial charge in [0.05, 0.1) is 18.6 Å². The number of amides is 1. The Balaban J connectivity index is 2.41. The molecule has 0 aliphatic carbocycles. The highest BCUT2D eigenvalue weighted by atomic mass is 16.5. The first-order chi connectivity index (χ1) is 9.08. The van der Waals surface area contributed by atoms with E-state index in [2.05, 4.69) is 0 Å². The number of rotatable bonds is 6. The van der Waals surface area contributed by atoms with Crippen molar-refractivity contribution < 1.29 is 19.1 Å². The van der Waals surface area contributed by atoms with Crippen LogP contribution >= 0.6 is 0 Å². The second-order valence-corrected chi connectivity index (χ2v) is 5.02. The van der Waals surface area contributed by atoms with Crippen molar-refractivity contribution in [3.63, 3.8) is 0 Å². The average molecular weight is 271 g/mol. The average Bonchev–Trinajstić information content (AvgIpc) is 2.44. The lowest BCUT2D eigenvalue weighted by molar-refractivity contribution is -0.151. The molecule has 0 spiro atoms. The number of hydrogen-bond acceptors (Lipinski definition) is 4. The first-order valence-corrected chi connectivity index (χ1v) is 7.05. The van der Waals surface area contributed by atoms with Crippen LogP contribution in [0.5, 0.6) is 0 Å². The molecule has 0 saturated carbocycles. The molecule has 110 valence electrons. The van der Waals surface area contributed by atoms with Crippen LogP contribution in [0, 0.1) is 5.92 Å². The lowest BCUT2D eigenvalue weighted by Gasteiger charge is -2.31. The van der Waals surface area contributed by atoms with Crippen molar-refractivity contribution >= 4 is 11.9 Å². The summed E-state index contributed by atoms with van der Waals surface area (Å²) < 4.78 is 10.2. The topological polar surface area (TPSA) is 55.8 Å². The Hall–Kier alpha value is -1.10. The molecule has 1 aliphatic heterocycles. The maximum absolute atomic E-state index is 12.1. The lowest BCUT2D eigenvalue weighted by atomic mass is 9.97. The molecule has 1 saturated heterocycles. The number of hydrogen-bond donors (Lipinski definition) is 0. The second-order valence-electron chi connectivity index (χ2n) is 5.02. The Labute approximate surface area is 115 Å². The number of piperidine rings is 1. The van der Waals surface area contributed by atoms with Crippen molar-refractivity contribution in [1.29, 1.82) is 0 Å². The summed E-state index contributed by atoms with van der Waals surface area (Å²) in [5.41, 5.74) is 0. The van der Waals surface area contributed by atoms with Crippen LogP contribution in [0.2, 0.25) is 0 Å². The minimum atomic E-state index is -0.176. The fourth-order valence-electron chi connectivity index (χ4n) is 2.26. The van der Waals surface area contributed by atoms with Crippen molar-refractivity contribution in [2.45, 2.75) is 45.6 Å². The Morgan fingerprint density at radius 2 is 2.16 bits per heavy atom. The maximum atomic E-state index is 12.1. The minimum absolute atomic E-state index is 0.0922. The highest BCUT2D eigenvalue weighted by Gasteiger charge is 2.29. The van der Waals surface area contributed by atoms with Gasteiger partial charge >= 0.3 is 5.97 Å². The van der Waals surface area contributed by atoms with E-state index in [1.54, 1.807) is 18.9 Å². The van der Waals surface area contributed by atoms with Gasteiger partial charge in [-0.1, -0.05) is 0 Å². The van der Waals surface area contributed by atoms with Gasteiger partial charge in [-0.2, -0.15) is 0 Å². The summed E-state index contributed by atoms with van der Waals surface area (Å²) in [5.74, 6) is -0.222. The standard InChI is InChI=1S/C14H25NO4/c1-4-19-14(17)12-6-5-9-15(10-12)13(16)8-7-11(2)18-3/h11-12H,4-10H2,1-3H3/t11?,12-/m1/s1. The molecule has 1 heterocycles. The van der Waals surface area contributed by atoms with Gasteiger partial charge in [0, 0.05) is 26.6 Å². The van der Waals surface area contributed by atoms with Gasteiger partial charge in [-0.05, 0) is 33.1 Å². The maximum Gasteiger partial charge on any atom is 0.310 e. The van der Waals surface area contributed by atoms with E-state index in [0.29, 0.717) is 19.6 Å². The summed E-state index contributed by atoms with van der Waals surface area (Å²) in [5, 5.41) is 0. The van der Waals surface area contributed by atoms with Crippen molar-refractivity contribution in [3.8, 4) is 0 Å². The van der Waals surface area contributed by atoms with E-state index in [0.717, 1.165) is 25.8 Å². The smallest absolute Gasteiger partial charge is 0.310 e. The van der Waals surface area contributed by atoms with Crippen molar-refractivity contribution in [1.82, 2.24) is 4.90 Å². The molecule has 1 rings (SSSR count).